The van der Waals surface area contributed by atoms with Crippen LogP contribution in [0.3, 0.4) is 0 Å². The van der Waals surface area contributed by atoms with Gasteiger partial charge < -0.3 is 5.11 Å². The normalized spacial score (nSPS) is 12.7. The van der Waals surface area contributed by atoms with Gasteiger partial charge in [0.25, 0.3) is 0 Å². The van der Waals surface area contributed by atoms with Crippen molar-refractivity contribution in [3.63, 3.8) is 0 Å². The van der Waals surface area contributed by atoms with Crippen molar-refractivity contribution >= 4 is 11.3 Å². The second-order valence-electron chi connectivity index (χ2n) is 6.35. The largest absolute Gasteiger partial charge is 0.389 e. The summed E-state index contributed by atoms with van der Waals surface area (Å²) < 4.78 is 0. The highest BCUT2D eigenvalue weighted by molar-refractivity contribution is 7.11. The van der Waals surface area contributed by atoms with E-state index in [2.05, 4.69) is 39.6 Å². The summed E-state index contributed by atoms with van der Waals surface area (Å²) in [4.78, 5) is 5.83. The number of rotatable bonds is 6. The van der Waals surface area contributed by atoms with Crippen molar-refractivity contribution in [2.45, 2.75) is 66.4 Å². The molecule has 2 nitrogen and oxygen atoms in total. The quantitative estimate of drug-likeness (QED) is 0.842. The fourth-order valence-corrected chi connectivity index (χ4v) is 3.71. The molecule has 0 aliphatic heterocycles. The second-order valence-corrected chi connectivity index (χ2v) is 7.63. The Bertz CT molecular complexity index is 352. The van der Waals surface area contributed by atoms with Crippen LogP contribution in [-0.2, 0) is 6.42 Å². The minimum Gasteiger partial charge on any atom is -0.389 e. The highest BCUT2D eigenvalue weighted by Gasteiger charge is 2.30. The number of thiazole rings is 1. The van der Waals surface area contributed by atoms with Crippen LogP contribution in [0.4, 0.5) is 0 Å². The summed E-state index contributed by atoms with van der Waals surface area (Å²) in [5.41, 5.74) is 0.505. The molecule has 0 saturated carbocycles. The Labute approximate surface area is 115 Å². The molecule has 0 fully saturated rings. The van der Waals surface area contributed by atoms with E-state index < -0.39 is 5.60 Å². The second kappa shape index (κ2) is 6.16. The highest BCUT2D eigenvalue weighted by atomic mass is 32.1. The monoisotopic (exact) mass is 269 g/mol. The van der Waals surface area contributed by atoms with Gasteiger partial charge in [0.05, 0.1) is 16.3 Å². The zero-order chi connectivity index (χ0) is 13.9. The minimum absolute atomic E-state index is 0.510. The number of aromatic nitrogens is 1. The molecule has 1 N–H and O–H groups in total. The van der Waals surface area contributed by atoms with Gasteiger partial charge >= 0.3 is 0 Å². The van der Waals surface area contributed by atoms with Crippen LogP contribution in [0.1, 0.15) is 56.1 Å². The zero-order valence-corrected chi connectivity index (χ0v) is 13.4. The molecule has 0 amide bonds. The molecule has 0 bridgehead atoms. The van der Waals surface area contributed by atoms with E-state index >= 15 is 0 Å². The first-order chi connectivity index (χ1) is 8.22. The predicted molar refractivity (Wildman–Crippen MR) is 79.2 cm³/mol. The Morgan fingerprint density at radius 1 is 1.11 bits per heavy atom. The van der Waals surface area contributed by atoms with Gasteiger partial charge in [-0.25, -0.2) is 4.98 Å². The van der Waals surface area contributed by atoms with Gasteiger partial charge in [0.1, 0.15) is 0 Å². The summed E-state index contributed by atoms with van der Waals surface area (Å²) in [7, 11) is 0. The lowest BCUT2D eigenvalue weighted by molar-refractivity contribution is 0.000700. The summed E-state index contributed by atoms with van der Waals surface area (Å²) in [6, 6.07) is 0. The van der Waals surface area contributed by atoms with Crippen molar-refractivity contribution in [1.29, 1.82) is 0 Å². The first-order valence-corrected chi connectivity index (χ1v) is 7.69. The van der Waals surface area contributed by atoms with Crippen molar-refractivity contribution in [1.82, 2.24) is 4.98 Å². The molecule has 0 unspecified atom stereocenters. The van der Waals surface area contributed by atoms with E-state index in [4.69, 9.17) is 0 Å². The summed E-state index contributed by atoms with van der Waals surface area (Å²) in [5.74, 6) is 1.02. The van der Waals surface area contributed by atoms with Gasteiger partial charge in [0.2, 0.25) is 0 Å². The topological polar surface area (TPSA) is 33.1 Å². The minimum atomic E-state index is -0.598. The third kappa shape index (κ3) is 4.69. The average Bonchev–Trinajstić information content (AvgIpc) is 2.40. The smallest absolute Gasteiger partial charge is 0.0959 e. The maximum atomic E-state index is 10.9. The van der Waals surface area contributed by atoms with Crippen LogP contribution in [0, 0.1) is 25.7 Å². The Morgan fingerprint density at radius 2 is 1.61 bits per heavy atom. The number of nitrogens with zero attached hydrogens (tertiary/aromatic N) is 1. The molecule has 3 heteroatoms. The molecule has 1 aromatic rings. The number of aliphatic hydroxyl groups is 1. The number of hydrogen-bond donors (Lipinski definition) is 1. The van der Waals surface area contributed by atoms with Gasteiger partial charge in [0.15, 0.2) is 0 Å². The summed E-state index contributed by atoms with van der Waals surface area (Å²) in [6.45, 7) is 12.8. The van der Waals surface area contributed by atoms with E-state index in [-0.39, 0.29) is 0 Å². The van der Waals surface area contributed by atoms with Gasteiger partial charge in [-0.2, -0.15) is 0 Å². The maximum Gasteiger partial charge on any atom is 0.0959 e. The van der Waals surface area contributed by atoms with Crippen LogP contribution in [-0.4, -0.2) is 15.7 Å². The number of aryl methyl sites for hydroxylation is 2. The molecule has 0 aliphatic rings. The van der Waals surface area contributed by atoms with Crippen LogP contribution < -0.4 is 0 Å². The third-order valence-corrected chi connectivity index (χ3v) is 4.20. The summed E-state index contributed by atoms with van der Waals surface area (Å²) >= 11 is 1.72. The molecule has 0 saturated heterocycles. The molecule has 1 aromatic heterocycles. The van der Waals surface area contributed by atoms with Crippen LogP contribution in [0.15, 0.2) is 0 Å². The Hall–Kier alpha value is -0.410. The molecule has 1 heterocycles. The van der Waals surface area contributed by atoms with Crippen molar-refractivity contribution < 1.29 is 5.11 Å². The van der Waals surface area contributed by atoms with E-state index in [0.717, 1.165) is 23.5 Å². The van der Waals surface area contributed by atoms with Gasteiger partial charge in [-0.1, -0.05) is 27.7 Å². The SMILES string of the molecule is Cc1nc(CC(O)(CC(C)C)CC(C)C)sc1C. The van der Waals surface area contributed by atoms with E-state index in [1.165, 1.54) is 4.88 Å². The molecule has 0 aliphatic carbocycles. The van der Waals surface area contributed by atoms with Gasteiger partial charge in [-0.3, -0.25) is 0 Å². The Morgan fingerprint density at radius 3 is 1.94 bits per heavy atom. The van der Waals surface area contributed by atoms with Crippen molar-refractivity contribution in [3.05, 3.63) is 15.6 Å². The summed E-state index contributed by atoms with van der Waals surface area (Å²) in [6.07, 6.45) is 2.40. The third-order valence-electron chi connectivity index (χ3n) is 3.13. The first-order valence-electron chi connectivity index (χ1n) is 6.87. The highest BCUT2D eigenvalue weighted by Crippen LogP contribution is 2.30. The molecule has 0 atom stereocenters. The van der Waals surface area contributed by atoms with Gasteiger partial charge in [-0.05, 0) is 38.5 Å². The maximum absolute atomic E-state index is 10.9. The first kappa shape index (κ1) is 15.6. The van der Waals surface area contributed by atoms with Crippen LogP contribution in [0.25, 0.3) is 0 Å². The zero-order valence-electron chi connectivity index (χ0n) is 12.6. The lowest BCUT2D eigenvalue weighted by atomic mass is 9.83. The van der Waals surface area contributed by atoms with E-state index in [0.29, 0.717) is 18.3 Å². The molecule has 0 aromatic carbocycles. The lowest BCUT2D eigenvalue weighted by Gasteiger charge is -2.31. The van der Waals surface area contributed by atoms with E-state index in [9.17, 15) is 5.11 Å². The van der Waals surface area contributed by atoms with E-state index in [1.807, 2.05) is 6.92 Å². The average molecular weight is 269 g/mol. The Balaban J connectivity index is 2.83. The van der Waals surface area contributed by atoms with E-state index in [1.54, 1.807) is 11.3 Å². The van der Waals surface area contributed by atoms with Crippen molar-refractivity contribution in [3.8, 4) is 0 Å². The van der Waals surface area contributed by atoms with Crippen LogP contribution in [0.2, 0.25) is 0 Å². The van der Waals surface area contributed by atoms with Crippen molar-refractivity contribution in [2.24, 2.45) is 11.8 Å². The van der Waals surface area contributed by atoms with Crippen molar-refractivity contribution in [2.75, 3.05) is 0 Å². The summed E-state index contributed by atoms with van der Waals surface area (Å²) in [5, 5.41) is 11.9. The van der Waals surface area contributed by atoms with Gasteiger partial charge in [-0.15, -0.1) is 11.3 Å². The molecule has 0 radical (unpaired) electrons. The standard InChI is InChI=1S/C15H27NOS/c1-10(2)7-15(17,8-11(3)4)9-14-16-12(5)13(6)18-14/h10-11,17H,7-9H2,1-6H3. The molecule has 1 rings (SSSR count). The van der Waals surface area contributed by atoms with Crippen LogP contribution >= 0.6 is 11.3 Å². The Kier molecular flexibility index (Phi) is 5.35. The fourth-order valence-electron chi connectivity index (χ4n) is 2.64. The number of hydrogen-bond acceptors (Lipinski definition) is 3. The fraction of sp³-hybridized carbons (Fsp3) is 0.800. The lowest BCUT2D eigenvalue weighted by Crippen LogP contribution is -2.34. The molecule has 104 valence electrons. The predicted octanol–water partition coefficient (Wildman–Crippen LogP) is 4.13. The van der Waals surface area contributed by atoms with Crippen LogP contribution in [0.5, 0.6) is 0 Å². The molecular weight excluding hydrogens is 242 g/mol. The van der Waals surface area contributed by atoms with Gasteiger partial charge in [0, 0.05) is 11.3 Å². The molecular formula is C15H27NOS. The molecule has 18 heavy (non-hydrogen) atoms. The molecule has 0 spiro atoms.